The van der Waals surface area contributed by atoms with Crippen LogP contribution >= 0.6 is 0 Å². The van der Waals surface area contributed by atoms with Gasteiger partial charge in [-0.1, -0.05) is 0 Å². The third-order valence-corrected chi connectivity index (χ3v) is 6.26. The molecule has 1 N–H and O–H groups in total. The van der Waals surface area contributed by atoms with Gasteiger partial charge in [-0.2, -0.15) is 0 Å². The second-order valence-corrected chi connectivity index (χ2v) is 8.53. The number of nitro groups is 1. The summed E-state index contributed by atoms with van der Waals surface area (Å²) in [5.74, 6) is 0.925. The molecule has 4 aliphatic carbocycles. The first-order valence-electron chi connectivity index (χ1n) is 9.77. The number of ether oxygens (including phenoxy) is 1. The molecule has 1 aromatic rings. The molecule has 150 valence electrons. The Balaban J connectivity index is 1.31. The summed E-state index contributed by atoms with van der Waals surface area (Å²) >= 11 is 0. The third-order valence-electron chi connectivity index (χ3n) is 6.26. The first kappa shape index (κ1) is 18.7. The van der Waals surface area contributed by atoms with Gasteiger partial charge in [-0.3, -0.25) is 14.9 Å². The summed E-state index contributed by atoms with van der Waals surface area (Å²) in [4.78, 5) is 34.5. The molecule has 1 heterocycles. The predicted molar refractivity (Wildman–Crippen MR) is 99.0 cm³/mol. The van der Waals surface area contributed by atoms with Gasteiger partial charge < -0.3 is 14.5 Å². The molecule has 8 heteroatoms. The molecule has 4 bridgehead atoms. The molecular weight excluding hydrogens is 364 g/mol. The first-order chi connectivity index (χ1) is 13.3. The van der Waals surface area contributed by atoms with Crippen LogP contribution in [0.3, 0.4) is 0 Å². The Morgan fingerprint density at radius 1 is 1.25 bits per heavy atom. The molecule has 4 aliphatic rings. The molecule has 28 heavy (non-hydrogen) atoms. The molecular formula is C20H24N2O6. The van der Waals surface area contributed by atoms with E-state index in [2.05, 4.69) is 5.32 Å². The van der Waals surface area contributed by atoms with Crippen LogP contribution in [0.5, 0.6) is 0 Å². The standard InChI is InChI=1S/C20H24N2O6/c1-12(27-18(23)5-3-16-2-4-17(28-16)22(25)26)19(24)21-20-9-13-6-14(10-20)8-15(7-13)11-20/h2-5,12-15H,6-11H2,1H3,(H,21,24)/b5-3+/t12-,13?,14?,15?,20?/m1/s1. The molecule has 5 rings (SSSR count). The summed E-state index contributed by atoms with van der Waals surface area (Å²) in [5, 5.41) is 13.8. The molecule has 4 fully saturated rings. The highest BCUT2D eigenvalue weighted by molar-refractivity contribution is 5.90. The van der Waals surface area contributed by atoms with Gasteiger partial charge in [-0.15, -0.1) is 0 Å². The highest BCUT2D eigenvalue weighted by Gasteiger charge is 2.51. The van der Waals surface area contributed by atoms with E-state index >= 15 is 0 Å². The molecule has 0 spiro atoms. The van der Waals surface area contributed by atoms with Crippen LogP contribution < -0.4 is 5.32 Å². The largest absolute Gasteiger partial charge is 0.449 e. The number of nitrogens with zero attached hydrogens (tertiary/aromatic N) is 1. The van der Waals surface area contributed by atoms with Gasteiger partial charge in [0.25, 0.3) is 5.91 Å². The van der Waals surface area contributed by atoms with Crippen molar-refractivity contribution in [1.82, 2.24) is 5.32 Å². The van der Waals surface area contributed by atoms with Crippen molar-refractivity contribution in [3.8, 4) is 0 Å². The van der Waals surface area contributed by atoms with Gasteiger partial charge in [0.2, 0.25) is 0 Å². The van der Waals surface area contributed by atoms with Gasteiger partial charge in [0.1, 0.15) is 10.7 Å². The zero-order valence-corrected chi connectivity index (χ0v) is 15.8. The molecule has 0 saturated heterocycles. The van der Waals surface area contributed by atoms with E-state index in [-0.39, 0.29) is 17.2 Å². The minimum absolute atomic E-state index is 0.130. The summed E-state index contributed by atoms with van der Waals surface area (Å²) in [5.41, 5.74) is -0.130. The maximum atomic E-state index is 12.6. The van der Waals surface area contributed by atoms with E-state index in [0.717, 1.165) is 25.3 Å². The van der Waals surface area contributed by atoms with Gasteiger partial charge in [0, 0.05) is 11.6 Å². The highest BCUT2D eigenvalue weighted by atomic mass is 16.6. The number of rotatable bonds is 6. The lowest BCUT2D eigenvalue weighted by Crippen LogP contribution is -2.61. The third kappa shape index (κ3) is 3.81. The smallest absolute Gasteiger partial charge is 0.433 e. The molecule has 1 atom stereocenters. The Hall–Kier alpha value is -2.64. The lowest BCUT2D eigenvalue weighted by molar-refractivity contribution is -0.402. The average Bonchev–Trinajstić information content (AvgIpc) is 3.07. The summed E-state index contributed by atoms with van der Waals surface area (Å²) in [7, 11) is 0. The zero-order valence-electron chi connectivity index (χ0n) is 15.8. The van der Waals surface area contributed by atoms with Crippen LogP contribution in [0.2, 0.25) is 0 Å². The van der Waals surface area contributed by atoms with Crippen LogP contribution in [-0.2, 0) is 14.3 Å². The molecule has 0 radical (unpaired) electrons. The van der Waals surface area contributed by atoms with Crippen LogP contribution in [0, 0.1) is 27.9 Å². The zero-order chi connectivity index (χ0) is 19.9. The van der Waals surface area contributed by atoms with Gasteiger partial charge in [0.15, 0.2) is 6.10 Å². The number of amides is 1. The van der Waals surface area contributed by atoms with E-state index in [1.54, 1.807) is 6.92 Å². The second kappa shape index (κ2) is 7.07. The molecule has 0 aromatic carbocycles. The number of esters is 1. The fraction of sp³-hybridized carbons (Fsp3) is 0.600. The van der Waals surface area contributed by atoms with E-state index in [1.807, 2.05) is 0 Å². The average molecular weight is 388 g/mol. The number of furan rings is 1. The van der Waals surface area contributed by atoms with E-state index in [0.29, 0.717) is 17.8 Å². The quantitative estimate of drug-likeness (QED) is 0.347. The van der Waals surface area contributed by atoms with Gasteiger partial charge in [-0.25, -0.2) is 4.79 Å². The molecule has 0 unspecified atom stereocenters. The molecule has 8 nitrogen and oxygen atoms in total. The second-order valence-electron chi connectivity index (χ2n) is 8.53. The van der Waals surface area contributed by atoms with Crippen molar-refractivity contribution in [2.75, 3.05) is 0 Å². The Labute approximate surface area is 162 Å². The van der Waals surface area contributed by atoms with Gasteiger partial charge in [-0.05, 0) is 75.3 Å². The normalized spacial score (nSPS) is 31.7. The maximum Gasteiger partial charge on any atom is 0.433 e. The summed E-state index contributed by atoms with van der Waals surface area (Å²) < 4.78 is 10.1. The van der Waals surface area contributed by atoms with Gasteiger partial charge in [0.05, 0.1) is 6.07 Å². The van der Waals surface area contributed by atoms with Crippen molar-refractivity contribution >= 4 is 23.8 Å². The van der Waals surface area contributed by atoms with Gasteiger partial charge >= 0.3 is 11.9 Å². The van der Waals surface area contributed by atoms with E-state index < -0.39 is 22.9 Å². The number of carbonyl (C=O) groups excluding carboxylic acids is 2. The SMILES string of the molecule is C[C@@H](OC(=O)/C=C/c1ccc([N+](=O)[O-])o1)C(=O)NC12CC3CC(CC(C3)C1)C2. The minimum Gasteiger partial charge on any atom is -0.449 e. The lowest BCUT2D eigenvalue weighted by Gasteiger charge is -2.57. The Morgan fingerprint density at radius 3 is 2.39 bits per heavy atom. The molecule has 0 aliphatic heterocycles. The fourth-order valence-corrected chi connectivity index (χ4v) is 5.57. The van der Waals surface area contributed by atoms with E-state index in [4.69, 9.17) is 9.15 Å². The summed E-state index contributed by atoms with van der Waals surface area (Å²) in [6.45, 7) is 1.55. The molecule has 1 aromatic heterocycles. The minimum atomic E-state index is -0.906. The number of nitrogens with one attached hydrogen (secondary N) is 1. The lowest BCUT2D eigenvalue weighted by atomic mass is 9.53. The fourth-order valence-electron chi connectivity index (χ4n) is 5.57. The van der Waals surface area contributed by atoms with Crippen LogP contribution in [0.1, 0.15) is 51.2 Å². The van der Waals surface area contributed by atoms with Crippen molar-refractivity contribution in [2.45, 2.75) is 57.1 Å². The predicted octanol–water partition coefficient (Wildman–Crippen LogP) is 3.22. The van der Waals surface area contributed by atoms with Crippen molar-refractivity contribution in [3.05, 3.63) is 34.1 Å². The van der Waals surface area contributed by atoms with Crippen molar-refractivity contribution in [1.29, 1.82) is 0 Å². The Kier molecular flexibility index (Phi) is 4.72. The number of carbonyl (C=O) groups is 2. The van der Waals surface area contributed by atoms with E-state index in [1.165, 1.54) is 37.5 Å². The Morgan fingerprint density at radius 2 is 1.86 bits per heavy atom. The molecule has 4 saturated carbocycles. The first-order valence-corrected chi connectivity index (χ1v) is 9.77. The van der Waals surface area contributed by atoms with Crippen LogP contribution in [0.15, 0.2) is 22.6 Å². The summed E-state index contributed by atoms with van der Waals surface area (Å²) in [6, 6.07) is 2.58. The monoisotopic (exact) mass is 388 g/mol. The van der Waals surface area contributed by atoms with Crippen molar-refractivity contribution in [2.24, 2.45) is 17.8 Å². The summed E-state index contributed by atoms with van der Waals surface area (Å²) in [6.07, 6.45) is 8.42. The van der Waals surface area contributed by atoms with Crippen LogP contribution in [-0.4, -0.2) is 28.4 Å². The maximum absolute atomic E-state index is 12.6. The van der Waals surface area contributed by atoms with Crippen molar-refractivity contribution in [3.63, 3.8) is 0 Å². The highest BCUT2D eigenvalue weighted by Crippen LogP contribution is 2.55. The molecule has 1 amide bonds. The van der Waals surface area contributed by atoms with Crippen LogP contribution in [0.4, 0.5) is 5.88 Å². The number of hydrogen-bond acceptors (Lipinski definition) is 6. The topological polar surface area (TPSA) is 112 Å². The Bertz CT molecular complexity index is 791. The van der Waals surface area contributed by atoms with Crippen molar-refractivity contribution < 1.29 is 23.7 Å². The number of hydrogen-bond donors (Lipinski definition) is 1. The van der Waals surface area contributed by atoms with Crippen LogP contribution in [0.25, 0.3) is 6.08 Å². The van der Waals surface area contributed by atoms with E-state index in [9.17, 15) is 19.7 Å².